The van der Waals surface area contributed by atoms with Gasteiger partial charge in [0.05, 0.1) is 0 Å². The standard InChI is InChI=1S/C17H34N2/c1-5-7-14-9-10-15(18-4)17(12-14)19-11-6-8-16(19)13(2)3/h13-18H,5-12H2,1-4H3. The van der Waals surface area contributed by atoms with Gasteiger partial charge in [-0.3, -0.25) is 4.90 Å². The van der Waals surface area contributed by atoms with Gasteiger partial charge in [-0.15, -0.1) is 0 Å². The van der Waals surface area contributed by atoms with Crippen LogP contribution in [0.2, 0.25) is 0 Å². The molecule has 0 spiro atoms. The van der Waals surface area contributed by atoms with Crippen molar-refractivity contribution in [3.63, 3.8) is 0 Å². The first-order valence-electron chi connectivity index (χ1n) is 8.60. The monoisotopic (exact) mass is 266 g/mol. The molecule has 4 unspecified atom stereocenters. The zero-order chi connectivity index (χ0) is 13.8. The van der Waals surface area contributed by atoms with Crippen molar-refractivity contribution >= 4 is 0 Å². The van der Waals surface area contributed by atoms with Gasteiger partial charge < -0.3 is 5.32 Å². The highest BCUT2D eigenvalue weighted by atomic mass is 15.2. The van der Waals surface area contributed by atoms with E-state index in [1.807, 2.05) is 0 Å². The molecule has 1 aliphatic heterocycles. The molecule has 0 bridgehead atoms. The van der Waals surface area contributed by atoms with Crippen LogP contribution in [0.25, 0.3) is 0 Å². The molecule has 19 heavy (non-hydrogen) atoms. The highest BCUT2D eigenvalue weighted by molar-refractivity contribution is 4.95. The molecular formula is C17H34N2. The zero-order valence-corrected chi connectivity index (χ0v) is 13.5. The Labute approximate surface area is 120 Å². The van der Waals surface area contributed by atoms with Crippen molar-refractivity contribution in [3.8, 4) is 0 Å². The van der Waals surface area contributed by atoms with Crippen LogP contribution in [0.15, 0.2) is 0 Å². The molecule has 2 fully saturated rings. The molecule has 1 aliphatic carbocycles. The van der Waals surface area contributed by atoms with E-state index in [1.165, 1.54) is 51.5 Å². The molecule has 1 N–H and O–H groups in total. The van der Waals surface area contributed by atoms with Crippen LogP contribution in [0.4, 0.5) is 0 Å². The second-order valence-corrected chi connectivity index (χ2v) is 7.12. The van der Waals surface area contributed by atoms with E-state index in [-0.39, 0.29) is 0 Å². The van der Waals surface area contributed by atoms with Crippen LogP contribution in [0.3, 0.4) is 0 Å². The summed E-state index contributed by atoms with van der Waals surface area (Å²) in [7, 11) is 2.16. The summed E-state index contributed by atoms with van der Waals surface area (Å²) in [6.45, 7) is 8.49. The minimum absolute atomic E-state index is 0.729. The fraction of sp³-hybridized carbons (Fsp3) is 1.00. The Hall–Kier alpha value is -0.0800. The molecule has 1 saturated heterocycles. The predicted molar refractivity (Wildman–Crippen MR) is 83.5 cm³/mol. The van der Waals surface area contributed by atoms with Crippen LogP contribution < -0.4 is 5.32 Å². The Morgan fingerprint density at radius 2 is 2.00 bits per heavy atom. The predicted octanol–water partition coefficient (Wildman–Crippen LogP) is 3.66. The molecule has 2 nitrogen and oxygen atoms in total. The molecule has 1 heterocycles. The quantitative estimate of drug-likeness (QED) is 0.817. The van der Waals surface area contributed by atoms with E-state index in [1.54, 1.807) is 0 Å². The van der Waals surface area contributed by atoms with Crippen LogP contribution in [0.5, 0.6) is 0 Å². The maximum atomic E-state index is 3.61. The zero-order valence-electron chi connectivity index (χ0n) is 13.5. The second kappa shape index (κ2) is 7.08. The first-order chi connectivity index (χ1) is 9.17. The first kappa shape index (κ1) is 15.3. The van der Waals surface area contributed by atoms with E-state index in [9.17, 15) is 0 Å². The number of likely N-dealkylation sites (tertiary alicyclic amines) is 1. The molecule has 0 amide bonds. The van der Waals surface area contributed by atoms with E-state index in [4.69, 9.17) is 0 Å². The Morgan fingerprint density at radius 3 is 2.63 bits per heavy atom. The topological polar surface area (TPSA) is 15.3 Å². The number of hydrogen-bond acceptors (Lipinski definition) is 2. The van der Waals surface area contributed by atoms with Crippen LogP contribution in [0.1, 0.15) is 65.7 Å². The van der Waals surface area contributed by atoms with Gasteiger partial charge in [0.2, 0.25) is 0 Å². The summed E-state index contributed by atoms with van der Waals surface area (Å²) in [4.78, 5) is 2.87. The van der Waals surface area contributed by atoms with E-state index in [0.29, 0.717) is 0 Å². The molecule has 2 rings (SSSR count). The van der Waals surface area contributed by atoms with Gasteiger partial charge in [-0.05, 0) is 57.5 Å². The molecule has 2 heteroatoms. The Bertz CT molecular complexity index is 264. The lowest BCUT2D eigenvalue weighted by Gasteiger charge is -2.44. The summed E-state index contributed by atoms with van der Waals surface area (Å²) in [5.41, 5.74) is 0. The second-order valence-electron chi connectivity index (χ2n) is 7.12. The molecule has 0 radical (unpaired) electrons. The number of nitrogens with zero attached hydrogens (tertiary/aromatic N) is 1. The summed E-state index contributed by atoms with van der Waals surface area (Å²) in [6, 6.07) is 2.36. The first-order valence-corrected chi connectivity index (χ1v) is 8.60. The normalized spacial score (nSPS) is 37.1. The molecule has 0 aromatic carbocycles. The summed E-state index contributed by atoms with van der Waals surface area (Å²) in [5.74, 6) is 1.79. The average Bonchev–Trinajstić information content (AvgIpc) is 2.88. The van der Waals surface area contributed by atoms with E-state index in [2.05, 4.69) is 38.0 Å². The van der Waals surface area contributed by atoms with Gasteiger partial charge in [-0.25, -0.2) is 0 Å². The third kappa shape index (κ3) is 3.52. The van der Waals surface area contributed by atoms with Crippen molar-refractivity contribution in [2.45, 2.75) is 83.8 Å². The van der Waals surface area contributed by atoms with Gasteiger partial charge in [-0.2, -0.15) is 0 Å². The largest absolute Gasteiger partial charge is 0.315 e. The smallest absolute Gasteiger partial charge is 0.0254 e. The number of nitrogens with one attached hydrogen (secondary N) is 1. The number of likely N-dealkylation sites (N-methyl/N-ethyl adjacent to an activating group) is 1. The lowest BCUT2D eigenvalue weighted by atomic mass is 9.79. The van der Waals surface area contributed by atoms with E-state index < -0.39 is 0 Å². The average molecular weight is 266 g/mol. The SMILES string of the molecule is CCCC1CCC(NC)C(N2CCCC2C(C)C)C1. The number of hydrogen-bond donors (Lipinski definition) is 1. The van der Waals surface area contributed by atoms with E-state index in [0.717, 1.165) is 30.0 Å². The summed E-state index contributed by atoms with van der Waals surface area (Å²) in [5, 5.41) is 3.61. The molecule has 0 aromatic rings. The van der Waals surface area contributed by atoms with Gasteiger partial charge in [0.15, 0.2) is 0 Å². The van der Waals surface area contributed by atoms with E-state index >= 15 is 0 Å². The van der Waals surface area contributed by atoms with Crippen molar-refractivity contribution < 1.29 is 0 Å². The molecule has 112 valence electrons. The van der Waals surface area contributed by atoms with Crippen LogP contribution in [0, 0.1) is 11.8 Å². The van der Waals surface area contributed by atoms with Gasteiger partial charge in [0.25, 0.3) is 0 Å². The molecule has 1 saturated carbocycles. The van der Waals surface area contributed by atoms with Crippen LogP contribution in [-0.4, -0.2) is 36.6 Å². The molecule has 0 aromatic heterocycles. The van der Waals surface area contributed by atoms with Crippen molar-refractivity contribution in [2.75, 3.05) is 13.6 Å². The van der Waals surface area contributed by atoms with Crippen LogP contribution >= 0.6 is 0 Å². The van der Waals surface area contributed by atoms with Gasteiger partial charge in [0.1, 0.15) is 0 Å². The molecular weight excluding hydrogens is 232 g/mol. The minimum Gasteiger partial charge on any atom is -0.315 e. The Balaban J connectivity index is 2.04. The van der Waals surface area contributed by atoms with Gasteiger partial charge >= 0.3 is 0 Å². The summed E-state index contributed by atoms with van der Waals surface area (Å²) < 4.78 is 0. The van der Waals surface area contributed by atoms with Crippen molar-refractivity contribution in [2.24, 2.45) is 11.8 Å². The fourth-order valence-electron chi connectivity index (χ4n) is 4.55. The highest BCUT2D eigenvalue weighted by Crippen LogP contribution is 2.36. The van der Waals surface area contributed by atoms with Gasteiger partial charge in [-0.1, -0.05) is 33.6 Å². The Kier molecular flexibility index (Phi) is 5.70. The highest BCUT2D eigenvalue weighted by Gasteiger charge is 2.39. The summed E-state index contributed by atoms with van der Waals surface area (Å²) >= 11 is 0. The van der Waals surface area contributed by atoms with Gasteiger partial charge in [0, 0.05) is 18.1 Å². The Morgan fingerprint density at radius 1 is 1.21 bits per heavy atom. The van der Waals surface area contributed by atoms with Crippen LogP contribution in [-0.2, 0) is 0 Å². The lowest BCUT2D eigenvalue weighted by molar-refractivity contribution is 0.0701. The third-order valence-electron chi connectivity index (χ3n) is 5.53. The fourth-order valence-corrected chi connectivity index (χ4v) is 4.55. The maximum Gasteiger partial charge on any atom is 0.0254 e. The lowest BCUT2D eigenvalue weighted by Crippen LogP contribution is -2.54. The molecule has 2 aliphatic rings. The van der Waals surface area contributed by atoms with Crippen molar-refractivity contribution in [1.82, 2.24) is 10.2 Å². The van der Waals surface area contributed by atoms with Crippen molar-refractivity contribution in [3.05, 3.63) is 0 Å². The number of rotatable bonds is 5. The maximum absolute atomic E-state index is 3.61. The summed E-state index contributed by atoms with van der Waals surface area (Å²) in [6.07, 6.45) is 9.88. The van der Waals surface area contributed by atoms with Crippen molar-refractivity contribution in [1.29, 1.82) is 0 Å². The minimum atomic E-state index is 0.729. The molecule has 4 atom stereocenters. The third-order valence-corrected chi connectivity index (χ3v) is 5.53.